The molecule has 0 fully saturated rings. The first-order valence-electron chi connectivity index (χ1n) is 13.6. The third-order valence-corrected chi connectivity index (χ3v) is 7.74. The molecule has 0 unspecified atom stereocenters. The SMILES string of the molecule is [Cl-].[Cl-].[Zr+4].c1ccc(-[c-]2ccc3c2CCCCCC3)cc1.c1ccc(-[c-]2ccc3c2CCCCCC3)cc1. The molecule has 0 saturated carbocycles. The molecule has 0 bridgehead atoms. The van der Waals surface area contributed by atoms with Crippen LogP contribution in [0.25, 0.3) is 22.3 Å². The summed E-state index contributed by atoms with van der Waals surface area (Å²) < 4.78 is 0. The molecule has 3 heteroatoms. The minimum Gasteiger partial charge on any atom is -1.00 e. The standard InChI is InChI=1S/2C17H19.2ClH.Zr/c2*1-2-7-11-16-15(10-4-1)12-13-17(16)14-8-5-3-6-9-14;;;/h2*3,5-6,8-9,12-13H,1-2,4,7,10-11H2;2*1H;/q2*-1;;;+4/p-2. The molecule has 0 N–H and O–H groups in total. The third kappa shape index (κ3) is 8.29. The second-order valence-electron chi connectivity index (χ2n) is 10.1. The van der Waals surface area contributed by atoms with Crippen molar-refractivity contribution in [3.63, 3.8) is 0 Å². The van der Waals surface area contributed by atoms with E-state index in [1.54, 1.807) is 22.3 Å². The molecule has 0 saturated heterocycles. The van der Waals surface area contributed by atoms with Gasteiger partial charge >= 0.3 is 26.2 Å². The third-order valence-electron chi connectivity index (χ3n) is 7.74. The van der Waals surface area contributed by atoms with Gasteiger partial charge in [-0.05, 0) is 12.8 Å². The summed E-state index contributed by atoms with van der Waals surface area (Å²) in [6.45, 7) is 0. The van der Waals surface area contributed by atoms with E-state index in [1.165, 1.54) is 99.3 Å². The van der Waals surface area contributed by atoms with Crippen molar-refractivity contribution in [1.82, 2.24) is 0 Å². The predicted molar refractivity (Wildman–Crippen MR) is 147 cm³/mol. The van der Waals surface area contributed by atoms with Gasteiger partial charge in [0.2, 0.25) is 0 Å². The fourth-order valence-electron chi connectivity index (χ4n) is 5.89. The summed E-state index contributed by atoms with van der Waals surface area (Å²) in [5, 5.41) is 0. The zero-order chi connectivity index (χ0) is 23.0. The van der Waals surface area contributed by atoms with Gasteiger partial charge < -0.3 is 24.8 Å². The largest absolute Gasteiger partial charge is 4.00 e. The molecule has 6 rings (SSSR count). The van der Waals surface area contributed by atoms with E-state index in [0.717, 1.165) is 0 Å². The predicted octanol–water partition coefficient (Wildman–Crippen LogP) is 3.47. The topological polar surface area (TPSA) is 0 Å². The van der Waals surface area contributed by atoms with Gasteiger partial charge in [0.15, 0.2) is 0 Å². The maximum atomic E-state index is 2.35. The number of halogens is 2. The van der Waals surface area contributed by atoms with Crippen molar-refractivity contribution in [2.75, 3.05) is 0 Å². The Balaban J connectivity index is 0.000000241. The zero-order valence-electron chi connectivity index (χ0n) is 21.8. The van der Waals surface area contributed by atoms with Crippen LogP contribution >= 0.6 is 0 Å². The van der Waals surface area contributed by atoms with Crippen molar-refractivity contribution < 1.29 is 51.0 Å². The van der Waals surface area contributed by atoms with Gasteiger partial charge in [0.1, 0.15) is 0 Å². The van der Waals surface area contributed by atoms with Crippen molar-refractivity contribution in [3.05, 3.63) is 107 Å². The molecule has 0 nitrogen and oxygen atoms in total. The first kappa shape index (κ1) is 31.8. The van der Waals surface area contributed by atoms with Crippen molar-refractivity contribution in [2.24, 2.45) is 0 Å². The number of hydrogen-bond acceptors (Lipinski definition) is 0. The van der Waals surface area contributed by atoms with Crippen LogP contribution in [0.15, 0.2) is 84.9 Å². The van der Waals surface area contributed by atoms with Crippen LogP contribution in [0, 0.1) is 0 Å². The summed E-state index contributed by atoms with van der Waals surface area (Å²) in [6, 6.07) is 31.0. The van der Waals surface area contributed by atoms with E-state index in [2.05, 4.69) is 84.9 Å². The average Bonchev–Trinajstić information content (AvgIpc) is 3.43. The van der Waals surface area contributed by atoms with Gasteiger partial charge in [0.05, 0.1) is 0 Å². The molecule has 4 aromatic rings. The van der Waals surface area contributed by atoms with Crippen LogP contribution in [0.5, 0.6) is 0 Å². The van der Waals surface area contributed by atoms with Crippen LogP contribution < -0.4 is 24.8 Å². The van der Waals surface area contributed by atoms with E-state index in [4.69, 9.17) is 0 Å². The first-order valence-corrected chi connectivity index (χ1v) is 13.6. The molecule has 192 valence electrons. The molecule has 2 aliphatic carbocycles. The average molecular weight is 609 g/mol. The summed E-state index contributed by atoms with van der Waals surface area (Å²) >= 11 is 0. The van der Waals surface area contributed by atoms with Crippen LogP contribution in [0.4, 0.5) is 0 Å². The molecule has 0 amide bonds. The molecule has 2 aliphatic rings. The van der Waals surface area contributed by atoms with Crippen LogP contribution in [0.2, 0.25) is 0 Å². The van der Waals surface area contributed by atoms with Crippen molar-refractivity contribution in [3.8, 4) is 22.3 Å². The summed E-state index contributed by atoms with van der Waals surface area (Å²) in [7, 11) is 0. The first-order chi connectivity index (χ1) is 16.9. The van der Waals surface area contributed by atoms with Gasteiger partial charge in [-0.15, -0.1) is 81.9 Å². The molecule has 0 radical (unpaired) electrons. The van der Waals surface area contributed by atoms with E-state index in [1.807, 2.05) is 0 Å². The number of benzene rings is 2. The maximum Gasteiger partial charge on any atom is 4.00 e. The number of aryl methyl sites for hydroxylation is 2. The summed E-state index contributed by atoms with van der Waals surface area (Å²) in [6.07, 6.45) is 16.2. The Kier molecular flexibility index (Phi) is 14.2. The van der Waals surface area contributed by atoms with E-state index in [-0.39, 0.29) is 51.0 Å². The normalized spacial score (nSPS) is 14.7. The summed E-state index contributed by atoms with van der Waals surface area (Å²) in [4.78, 5) is 0. The Bertz CT molecular complexity index is 1060. The number of fused-ring (bicyclic) bond motifs is 2. The Morgan fingerprint density at radius 2 is 0.757 bits per heavy atom. The second kappa shape index (κ2) is 16.5. The van der Waals surface area contributed by atoms with Crippen molar-refractivity contribution in [1.29, 1.82) is 0 Å². The molecule has 0 atom stereocenters. The van der Waals surface area contributed by atoms with Crippen LogP contribution in [0.3, 0.4) is 0 Å². The van der Waals surface area contributed by atoms with Crippen molar-refractivity contribution >= 4 is 0 Å². The minimum absolute atomic E-state index is 0. The molecule has 0 spiro atoms. The number of hydrogen-bond donors (Lipinski definition) is 0. The number of rotatable bonds is 2. The minimum atomic E-state index is 0. The van der Waals surface area contributed by atoms with Gasteiger partial charge in [-0.25, -0.2) is 0 Å². The quantitative estimate of drug-likeness (QED) is 0.306. The van der Waals surface area contributed by atoms with Crippen LogP contribution in [0.1, 0.15) is 73.6 Å². The monoisotopic (exact) mass is 606 g/mol. The van der Waals surface area contributed by atoms with Gasteiger partial charge in [-0.3, -0.25) is 0 Å². The Hall–Kier alpha value is -1.40. The van der Waals surface area contributed by atoms with E-state index in [0.29, 0.717) is 0 Å². The van der Waals surface area contributed by atoms with E-state index >= 15 is 0 Å². The van der Waals surface area contributed by atoms with E-state index in [9.17, 15) is 0 Å². The summed E-state index contributed by atoms with van der Waals surface area (Å²) in [5.41, 5.74) is 12.2. The molecule has 0 aliphatic heterocycles. The Morgan fingerprint density at radius 3 is 1.14 bits per heavy atom. The van der Waals surface area contributed by atoms with Gasteiger partial charge in [-0.1, -0.05) is 112 Å². The molecule has 0 aromatic heterocycles. The Labute approximate surface area is 256 Å². The fraction of sp³-hybridized carbons (Fsp3) is 0.353. The zero-order valence-corrected chi connectivity index (χ0v) is 25.8. The van der Waals surface area contributed by atoms with Gasteiger partial charge in [0, 0.05) is 0 Å². The van der Waals surface area contributed by atoms with E-state index < -0.39 is 0 Å². The second-order valence-corrected chi connectivity index (χ2v) is 10.1. The summed E-state index contributed by atoms with van der Waals surface area (Å²) in [5.74, 6) is 0. The molecular weight excluding hydrogens is 571 g/mol. The fourth-order valence-corrected chi connectivity index (χ4v) is 5.89. The Morgan fingerprint density at radius 1 is 0.405 bits per heavy atom. The molecular formula is C34H38Cl2Zr. The molecule has 0 heterocycles. The maximum absolute atomic E-state index is 2.35. The van der Waals surface area contributed by atoms with Gasteiger partial charge in [0.25, 0.3) is 0 Å². The smallest absolute Gasteiger partial charge is 1.00 e. The van der Waals surface area contributed by atoms with Crippen molar-refractivity contribution in [2.45, 2.75) is 77.0 Å². The van der Waals surface area contributed by atoms with Gasteiger partial charge in [-0.2, -0.15) is 0 Å². The molecule has 37 heavy (non-hydrogen) atoms. The van der Waals surface area contributed by atoms with Crippen LogP contribution in [-0.4, -0.2) is 0 Å². The molecule has 4 aromatic carbocycles. The van der Waals surface area contributed by atoms with Crippen LogP contribution in [-0.2, 0) is 51.9 Å².